The molecule has 0 aromatic heterocycles. The largest absolute Gasteiger partial charge is 0.494 e. The first kappa shape index (κ1) is 24.3. The van der Waals surface area contributed by atoms with Crippen molar-refractivity contribution in [2.45, 2.75) is 26.3 Å². The maximum Gasteiger partial charge on any atom is 0.254 e. The van der Waals surface area contributed by atoms with E-state index in [4.69, 9.17) is 10.00 Å². The van der Waals surface area contributed by atoms with Crippen molar-refractivity contribution in [3.05, 3.63) is 65.7 Å². The number of ether oxygens (including phenoxy) is 1. The van der Waals surface area contributed by atoms with E-state index in [-0.39, 0.29) is 11.8 Å². The van der Waals surface area contributed by atoms with E-state index >= 15 is 0 Å². The van der Waals surface area contributed by atoms with Crippen LogP contribution in [-0.4, -0.2) is 78.4 Å². The molecule has 1 heterocycles. The molecule has 0 radical (unpaired) electrons. The molecule has 0 bridgehead atoms. The van der Waals surface area contributed by atoms with Gasteiger partial charge in [0, 0.05) is 44.8 Å². The Labute approximate surface area is 196 Å². The van der Waals surface area contributed by atoms with Crippen LogP contribution in [0.25, 0.3) is 0 Å². The molecule has 1 aliphatic rings. The van der Waals surface area contributed by atoms with Gasteiger partial charge in [-0.2, -0.15) is 5.26 Å². The third-order valence-corrected chi connectivity index (χ3v) is 5.96. The van der Waals surface area contributed by atoms with E-state index in [0.717, 1.165) is 13.0 Å². The summed E-state index contributed by atoms with van der Waals surface area (Å²) >= 11 is 0. The summed E-state index contributed by atoms with van der Waals surface area (Å²) in [6.45, 7) is 8.19. The Balaban J connectivity index is 1.62. The minimum absolute atomic E-state index is 0.00134. The van der Waals surface area contributed by atoms with Gasteiger partial charge in [0.05, 0.1) is 18.2 Å². The van der Waals surface area contributed by atoms with Crippen LogP contribution < -0.4 is 4.74 Å². The molecule has 2 aromatic carbocycles. The summed E-state index contributed by atoms with van der Waals surface area (Å²) in [5, 5.41) is 9.01. The van der Waals surface area contributed by atoms with Gasteiger partial charge >= 0.3 is 0 Å². The average Bonchev–Trinajstić information content (AvgIpc) is 2.87. The molecule has 33 heavy (non-hydrogen) atoms. The number of rotatable bonds is 9. The summed E-state index contributed by atoms with van der Waals surface area (Å²) in [5.41, 5.74) is 1.18. The number of carbonyl (C=O) groups excluding carboxylic acids is 2. The monoisotopic (exact) mass is 448 g/mol. The van der Waals surface area contributed by atoms with Crippen LogP contribution in [0.2, 0.25) is 0 Å². The van der Waals surface area contributed by atoms with Crippen molar-refractivity contribution >= 4 is 11.8 Å². The molecule has 1 unspecified atom stereocenters. The molecule has 1 aliphatic heterocycles. The van der Waals surface area contributed by atoms with E-state index in [1.54, 1.807) is 40.1 Å². The zero-order valence-electron chi connectivity index (χ0n) is 19.4. The van der Waals surface area contributed by atoms with Gasteiger partial charge in [-0.1, -0.05) is 24.3 Å². The second-order valence-corrected chi connectivity index (χ2v) is 8.03. The molecule has 2 amide bonds. The highest BCUT2D eigenvalue weighted by molar-refractivity contribution is 5.97. The summed E-state index contributed by atoms with van der Waals surface area (Å²) in [4.78, 5) is 32.2. The highest BCUT2D eigenvalue weighted by Gasteiger charge is 2.37. The van der Waals surface area contributed by atoms with Gasteiger partial charge in [0.2, 0.25) is 5.91 Å². The van der Waals surface area contributed by atoms with Crippen molar-refractivity contribution in [2.75, 3.05) is 45.9 Å². The van der Waals surface area contributed by atoms with Crippen molar-refractivity contribution in [1.29, 1.82) is 5.26 Å². The predicted octanol–water partition coefficient (Wildman–Crippen LogP) is 3.02. The second kappa shape index (κ2) is 12.0. The fourth-order valence-corrected chi connectivity index (χ4v) is 4.12. The van der Waals surface area contributed by atoms with Crippen LogP contribution in [-0.2, 0) is 4.79 Å². The molecular weight excluding hydrogens is 416 g/mol. The maximum atomic E-state index is 13.3. The van der Waals surface area contributed by atoms with Crippen LogP contribution in [0.4, 0.5) is 0 Å². The molecule has 2 aromatic rings. The van der Waals surface area contributed by atoms with Crippen LogP contribution in [0.1, 0.15) is 36.2 Å². The van der Waals surface area contributed by atoms with Crippen LogP contribution in [0.5, 0.6) is 5.75 Å². The van der Waals surface area contributed by atoms with Crippen molar-refractivity contribution in [3.8, 4) is 11.8 Å². The summed E-state index contributed by atoms with van der Waals surface area (Å²) in [7, 11) is 0. The number of hydrogen-bond donors (Lipinski definition) is 0. The third kappa shape index (κ3) is 6.33. The Morgan fingerprint density at radius 1 is 1.09 bits per heavy atom. The first-order valence-corrected chi connectivity index (χ1v) is 11.6. The zero-order chi connectivity index (χ0) is 23.6. The zero-order valence-corrected chi connectivity index (χ0v) is 19.4. The first-order valence-electron chi connectivity index (χ1n) is 11.6. The average molecular weight is 449 g/mol. The normalized spacial score (nSPS) is 16.2. The number of carbonyl (C=O) groups is 2. The van der Waals surface area contributed by atoms with E-state index in [2.05, 4.69) is 11.0 Å². The molecule has 7 nitrogen and oxygen atoms in total. The van der Waals surface area contributed by atoms with Crippen LogP contribution in [0.15, 0.2) is 54.6 Å². The van der Waals surface area contributed by atoms with Crippen LogP contribution in [0, 0.1) is 11.3 Å². The Hall–Kier alpha value is -3.37. The Morgan fingerprint density at radius 3 is 2.55 bits per heavy atom. The summed E-state index contributed by atoms with van der Waals surface area (Å²) in [5.74, 6) is 0.585. The fourth-order valence-electron chi connectivity index (χ4n) is 4.12. The Kier molecular flexibility index (Phi) is 8.85. The van der Waals surface area contributed by atoms with E-state index in [9.17, 15) is 9.59 Å². The lowest BCUT2D eigenvalue weighted by Crippen LogP contribution is -2.61. The van der Waals surface area contributed by atoms with Gasteiger partial charge in [-0.3, -0.25) is 14.5 Å². The number of amides is 2. The minimum atomic E-state index is -0.500. The molecule has 1 fully saturated rings. The highest BCUT2D eigenvalue weighted by Crippen LogP contribution is 2.18. The second-order valence-electron chi connectivity index (χ2n) is 8.03. The topological polar surface area (TPSA) is 76.9 Å². The van der Waals surface area contributed by atoms with Crippen LogP contribution >= 0.6 is 0 Å². The number of benzene rings is 2. The Morgan fingerprint density at radius 2 is 1.85 bits per heavy atom. The van der Waals surface area contributed by atoms with Gasteiger partial charge in [-0.15, -0.1) is 0 Å². The van der Waals surface area contributed by atoms with Gasteiger partial charge in [-0.25, -0.2) is 0 Å². The van der Waals surface area contributed by atoms with Gasteiger partial charge in [-0.05, 0) is 50.6 Å². The van der Waals surface area contributed by atoms with E-state index in [1.807, 2.05) is 38.1 Å². The standard InChI is InChI=1S/C26H32N4O3/c1-3-29(4-2)26(32)24-20-28(14-9-17-33-23-13-8-10-21(18-23)19-27)15-16-30(24)25(31)22-11-6-5-7-12-22/h5-8,10-13,18,24H,3-4,9,14-17,20H2,1-2H3. The molecule has 7 heteroatoms. The highest BCUT2D eigenvalue weighted by atomic mass is 16.5. The van der Waals surface area contributed by atoms with Crippen molar-refractivity contribution in [2.24, 2.45) is 0 Å². The Bertz CT molecular complexity index is 969. The molecule has 1 atom stereocenters. The molecule has 0 spiro atoms. The summed E-state index contributed by atoms with van der Waals surface area (Å²) < 4.78 is 5.79. The van der Waals surface area contributed by atoms with Crippen molar-refractivity contribution in [1.82, 2.24) is 14.7 Å². The first-order chi connectivity index (χ1) is 16.1. The van der Waals surface area contributed by atoms with E-state index < -0.39 is 6.04 Å². The molecular formula is C26H32N4O3. The summed E-state index contributed by atoms with van der Waals surface area (Å²) in [6, 6.07) is 17.9. The van der Waals surface area contributed by atoms with E-state index in [1.165, 1.54) is 0 Å². The number of likely N-dealkylation sites (N-methyl/N-ethyl adjacent to an activating group) is 1. The van der Waals surface area contributed by atoms with Gasteiger partial charge in [0.25, 0.3) is 5.91 Å². The molecule has 0 aliphatic carbocycles. The molecule has 3 rings (SSSR count). The molecule has 174 valence electrons. The van der Waals surface area contributed by atoms with Gasteiger partial charge in [0.1, 0.15) is 11.8 Å². The van der Waals surface area contributed by atoms with Gasteiger partial charge < -0.3 is 14.5 Å². The SMILES string of the molecule is CCN(CC)C(=O)C1CN(CCCOc2cccc(C#N)c2)CCN1C(=O)c1ccccc1. The number of nitriles is 1. The quantitative estimate of drug-likeness (QED) is 0.551. The smallest absolute Gasteiger partial charge is 0.254 e. The van der Waals surface area contributed by atoms with Gasteiger partial charge in [0.15, 0.2) is 0 Å². The van der Waals surface area contributed by atoms with Crippen LogP contribution in [0.3, 0.4) is 0 Å². The molecule has 0 saturated carbocycles. The van der Waals surface area contributed by atoms with Crippen molar-refractivity contribution in [3.63, 3.8) is 0 Å². The lowest BCUT2D eigenvalue weighted by Gasteiger charge is -2.42. The third-order valence-electron chi connectivity index (χ3n) is 5.96. The van der Waals surface area contributed by atoms with Crippen molar-refractivity contribution < 1.29 is 14.3 Å². The minimum Gasteiger partial charge on any atom is -0.494 e. The molecule has 0 N–H and O–H groups in total. The summed E-state index contributed by atoms with van der Waals surface area (Å²) in [6.07, 6.45) is 0.787. The van der Waals surface area contributed by atoms with E-state index in [0.29, 0.717) is 56.2 Å². The lowest BCUT2D eigenvalue weighted by atomic mass is 10.1. The maximum absolute atomic E-state index is 13.3. The fraction of sp³-hybridized carbons (Fsp3) is 0.423. The number of nitrogens with zero attached hydrogens (tertiary/aromatic N) is 4. The molecule has 1 saturated heterocycles. The number of piperazine rings is 1. The predicted molar refractivity (Wildman–Crippen MR) is 127 cm³/mol. The number of hydrogen-bond acceptors (Lipinski definition) is 5. The lowest BCUT2D eigenvalue weighted by molar-refractivity contribution is -0.137.